The normalized spacial score (nSPS) is 25.5. The van der Waals surface area contributed by atoms with Gasteiger partial charge in [-0.05, 0) is 35.2 Å². The highest BCUT2D eigenvalue weighted by Gasteiger charge is 2.34. The van der Waals surface area contributed by atoms with E-state index in [1.807, 2.05) is 10.3 Å². The zero-order valence-corrected chi connectivity index (χ0v) is 14.2. The molecule has 1 unspecified atom stereocenters. The molecule has 122 valence electrons. The Morgan fingerprint density at radius 3 is 2.64 bits per heavy atom. The minimum atomic E-state index is -2.83. The van der Waals surface area contributed by atoms with Crippen molar-refractivity contribution in [3.05, 3.63) is 22.4 Å². The number of sulfone groups is 1. The van der Waals surface area contributed by atoms with Gasteiger partial charge in [0, 0.05) is 38.6 Å². The van der Waals surface area contributed by atoms with Crippen molar-refractivity contribution >= 4 is 27.1 Å². The number of aryl methyl sites for hydroxylation is 1. The Hall–Kier alpha value is -0.920. The maximum absolute atomic E-state index is 12.2. The van der Waals surface area contributed by atoms with Crippen LogP contribution in [0.1, 0.15) is 18.4 Å². The smallest absolute Gasteiger partial charge is 0.222 e. The molecule has 5 nitrogen and oxygen atoms in total. The molecule has 0 spiro atoms. The topological polar surface area (TPSA) is 57.7 Å². The number of amides is 1. The van der Waals surface area contributed by atoms with E-state index in [0.29, 0.717) is 17.9 Å². The summed E-state index contributed by atoms with van der Waals surface area (Å²) >= 11 is 1.66. The first-order valence-electron chi connectivity index (χ1n) is 7.77. The largest absolute Gasteiger partial charge is 0.340 e. The van der Waals surface area contributed by atoms with Crippen molar-refractivity contribution in [2.45, 2.75) is 25.3 Å². The lowest BCUT2D eigenvalue weighted by atomic mass is 10.1. The minimum Gasteiger partial charge on any atom is -0.340 e. The van der Waals surface area contributed by atoms with Crippen LogP contribution < -0.4 is 0 Å². The minimum absolute atomic E-state index is 0.160. The maximum atomic E-state index is 12.2. The van der Waals surface area contributed by atoms with E-state index in [2.05, 4.69) is 16.3 Å². The molecule has 1 atom stereocenters. The molecule has 2 fully saturated rings. The van der Waals surface area contributed by atoms with E-state index in [-0.39, 0.29) is 11.9 Å². The van der Waals surface area contributed by atoms with Crippen LogP contribution >= 0.6 is 11.3 Å². The van der Waals surface area contributed by atoms with Crippen LogP contribution in [0, 0.1) is 0 Å². The summed E-state index contributed by atoms with van der Waals surface area (Å²) in [7, 11) is -2.83. The standard InChI is InChI=1S/C15H22N2O3S2/c18-15(2-1-13-3-9-21-11-13)17-7-5-16(6-8-17)14-4-10-22(19,20)12-14/h3,9,11,14H,1-2,4-8,10,12H2. The molecule has 0 saturated carbocycles. The molecule has 3 rings (SSSR count). The van der Waals surface area contributed by atoms with Crippen molar-refractivity contribution < 1.29 is 13.2 Å². The Morgan fingerprint density at radius 2 is 2.05 bits per heavy atom. The predicted molar refractivity (Wildman–Crippen MR) is 87.9 cm³/mol. The third kappa shape index (κ3) is 3.88. The zero-order chi connectivity index (χ0) is 15.6. The van der Waals surface area contributed by atoms with Gasteiger partial charge in [-0.3, -0.25) is 9.69 Å². The van der Waals surface area contributed by atoms with Crippen LogP contribution in [0.15, 0.2) is 16.8 Å². The fourth-order valence-electron chi connectivity index (χ4n) is 3.24. The summed E-state index contributed by atoms with van der Waals surface area (Å²) in [4.78, 5) is 16.4. The predicted octanol–water partition coefficient (Wildman–Crippen LogP) is 1.01. The number of carbonyl (C=O) groups is 1. The van der Waals surface area contributed by atoms with Gasteiger partial charge in [-0.2, -0.15) is 11.3 Å². The molecular formula is C15H22N2O3S2. The van der Waals surface area contributed by atoms with E-state index in [1.54, 1.807) is 11.3 Å². The van der Waals surface area contributed by atoms with Gasteiger partial charge >= 0.3 is 0 Å². The first-order valence-corrected chi connectivity index (χ1v) is 10.5. The van der Waals surface area contributed by atoms with Crippen LogP contribution in [-0.2, 0) is 21.1 Å². The van der Waals surface area contributed by atoms with Gasteiger partial charge in [0.15, 0.2) is 9.84 Å². The van der Waals surface area contributed by atoms with Crippen molar-refractivity contribution in [1.82, 2.24) is 9.80 Å². The van der Waals surface area contributed by atoms with Gasteiger partial charge in [0.1, 0.15) is 0 Å². The number of rotatable bonds is 4. The second-order valence-corrected chi connectivity index (χ2v) is 9.11. The van der Waals surface area contributed by atoms with E-state index in [4.69, 9.17) is 0 Å². The van der Waals surface area contributed by atoms with Gasteiger partial charge < -0.3 is 4.90 Å². The molecule has 1 aromatic rings. The molecule has 2 aliphatic heterocycles. The quantitative estimate of drug-likeness (QED) is 0.819. The van der Waals surface area contributed by atoms with Crippen molar-refractivity contribution in [3.8, 4) is 0 Å². The van der Waals surface area contributed by atoms with Gasteiger partial charge in [0.2, 0.25) is 5.91 Å². The Labute approximate surface area is 135 Å². The average Bonchev–Trinajstić information content (AvgIpc) is 3.14. The number of carbonyl (C=O) groups excluding carboxylic acids is 1. The van der Waals surface area contributed by atoms with Gasteiger partial charge in [0.25, 0.3) is 0 Å². The third-order valence-electron chi connectivity index (χ3n) is 4.60. The summed E-state index contributed by atoms with van der Waals surface area (Å²) in [6.45, 7) is 3.03. The zero-order valence-electron chi connectivity index (χ0n) is 12.6. The molecule has 2 saturated heterocycles. The molecule has 3 heterocycles. The van der Waals surface area contributed by atoms with Gasteiger partial charge in [-0.25, -0.2) is 8.42 Å². The maximum Gasteiger partial charge on any atom is 0.222 e. The highest BCUT2D eigenvalue weighted by atomic mass is 32.2. The summed E-state index contributed by atoms with van der Waals surface area (Å²) in [5.41, 5.74) is 1.23. The number of hydrogen-bond acceptors (Lipinski definition) is 5. The van der Waals surface area contributed by atoms with Crippen LogP contribution in [0.4, 0.5) is 0 Å². The molecule has 1 amide bonds. The fraction of sp³-hybridized carbons (Fsp3) is 0.667. The average molecular weight is 342 g/mol. The Bertz CT molecular complexity index is 605. The second kappa shape index (κ2) is 6.68. The molecule has 1 aromatic heterocycles. The summed E-state index contributed by atoms with van der Waals surface area (Å²) in [6.07, 6.45) is 2.12. The lowest BCUT2D eigenvalue weighted by Crippen LogP contribution is -2.52. The van der Waals surface area contributed by atoms with E-state index in [0.717, 1.165) is 39.0 Å². The molecule has 0 aliphatic carbocycles. The third-order valence-corrected chi connectivity index (χ3v) is 7.08. The summed E-state index contributed by atoms with van der Waals surface area (Å²) in [5.74, 6) is 0.821. The van der Waals surface area contributed by atoms with E-state index in [1.165, 1.54) is 5.56 Å². The molecule has 0 N–H and O–H groups in total. The first-order chi connectivity index (χ1) is 10.5. The van der Waals surface area contributed by atoms with E-state index < -0.39 is 9.84 Å². The van der Waals surface area contributed by atoms with Crippen LogP contribution in [-0.4, -0.2) is 67.9 Å². The lowest BCUT2D eigenvalue weighted by Gasteiger charge is -2.37. The van der Waals surface area contributed by atoms with Gasteiger partial charge in [-0.15, -0.1) is 0 Å². The molecule has 0 aromatic carbocycles. The van der Waals surface area contributed by atoms with Crippen LogP contribution in [0.3, 0.4) is 0 Å². The lowest BCUT2D eigenvalue weighted by molar-refractivity contribution is -0.133. The van der Waals surface area contributed by atoms with Crippen molar-refractivity contribution in [2.24, 2.45) is 0 Å². The number of hydrogen-bond donors (Lipinski definition) is 0. The van der Waals surface area contributed by atoms with Crippen molar-refractivity contribution in [1.29, 1.82) is 0 Å². The SMILES string of the molecule is O=C(CCc1ccsc1)N1CCN(C2CCS(=O)(=O)C2)CC1. The molecule has 0 radical (unpaired) electrons. The Kier molecular flexibility index (Phi) is 4.84. The Morgan fingerprint density at radius 1 is 1.27 bits per heavy atom. The van der Waals surface area contributed by atoms with Crippen LogP contribution in [0.5, 0.6) is 0 Å². The molecular weight excluding hydrogens is 320 g/mol. The van der Waals surface area contributed by atoms with Gasteiger partial charge in [-0.1, -0.05) is 0 Å². The monoisotopic (exact) mass is 342 g/mol. The van der Waals surface area contributed by atoms with Crippen molar-refractivity contribution in [3.63, 3.8) is 0 Å². The second-order valence-electron chi connectivity index (χ2n) is 6.11. The number of piperazine rings is 1. The number of nitrogens with zero attached hydrogens (tertiary/aromatic N) is 2. The summed E-state index contributed by atoms with van der Waals surface area (Å²) in [5, 5.41) is 4.12. The van der Waals surface area contributed by atoms with E-state index >= 15 is 0 Å². The Balaban J connectivity index is 1.44. The van der Waals surface area contributed by atoms with E-state index in [9.17, 15) is 13.2 Å². The molecule has 7 heteroatoms. The number of thiophene rings is 1. The first kappa shape index (κ1) is 16.0. The highest BCUT2D eigenvalue weighted by molar-refractivity contribution is 7.91. The fourth-order valence-corrected chi connectivity index (χ4v) is 5.71. The van der Waals surface area contributed by atoms with Gasteiger partial charge in [0.05, 0.1) is 11.5 Å². The molecule has 2 aliphatic rings. The molecule has 22 heavy (non-hydrogen) atoms. The van der Waals surface area contributed by atoms with Crippen LogP contribution in [0.2, 0.25) is 0 Å². The molecule has 0 bridgehead atoms. The summed E-state index contributed by atoms with van der Waals surface area (Å²) in [6, 6.07) is 2.23. The van der Waals surface area contributed by atoms with Crippen molar-refractivity contribution in [2.75, 3.05) is 37.7 Å². The van der Waals surface area contributed by atoms with Crippen LogP contribution in [0.25, 0.3) is 0 Å². The highest BCUT2D eigenvalue weighted by Crippen LogP contribution is 2.19. The summed E-state index contributed by atoms with van der Waals surface area (Å²) < 4.78 is 23.1.